The summed E-state index contributed by atoms with van der Waals surface area (Å²) in [6, 6.07) is 36.5. The SMILES string of the molecule is CSC1=c2ccc3n2C24n5c(ccc51)C(C)=C1C=CC(=[N+]12)C(c1ccc(C#Cc2ccc(C5=c6ccc7n6C68n9c(ccc9C(C)=C9C=CC5=[N+]96)C=C5[N+]8=C(C=7)CC5(C)C)cc2)cc1)=C1C=CC(=[N+]14)C=3C. The maximum absolute atomic E-state index is 3.54. The van der Waals surface area contributed by atoms with E-state index in [1.54, 1.807) is 0 Å². The summed E-state index contributed by atoms with van der Waals surface area (Å²) in [7, 11) is 0. The highest BCUT2D eigenvalue weighted by molar-refractivity contribution is 8.07. The summed E-state index contributed by atoms with van der Waals surface area (Å²) >= 11 is 1.84. The molecule has 4 aromatic heterocycles. The Kier molecular flexibility index (Phi) is 6.20. The van der Waals surface area contributed by atoms with Crippen LogP contribution in [0.5, 0.6) is 0 Å². The van der Waals surface area contributed by atoms with E-state index in [1.807, 2.05) is 11.8 Å². The molecule has 71 heavy (non-hydrogen) atoms. The molecule has 8 nitrogen and oxygen atoms in total. The van der Waals surface area contributed by atoms with Gasteiger partial charge in [-0.25, -0.2) is 0 Å². The summed E-state index contributed by atoms with van der Waals surface area (Å²) in [5.41, 5.74) is 26.0. The van der Waals surface area contributed by atoms with Crippen molar-refractivity contribution in [3.8, 4) is 11.8 Å². The van der Waals surface area contributed by atoms with Crippen LogP contribution >= 0.6 is 11.8 Å². The van der Waals surface area contributed by atoms with Crippen LogP contribution in [-0.2, 0) is 11.8 Å². The molecule has 0 amide bonds. The predicted molar refractivity (Wildman–Crippen MR) is 281 cm³/mol. The molecule has 0 saturated carbocycles. The zero-order chi connectivity index (χ0) is 46.9. The van der Waals surface area contributed by atoms with E-state index >= 15 is 0 Å². The Balaban J connectivity index is 0.738. The van der Waals surface area contributed by atoms with Gasteiger partial charge in [0.1, 0.15) is 5.57 Å². The molecule has 2 spiro atoms. The number of nitrogens with zero attached hydrogens (tertiary/aromatic N) is 8. The molecule has 9 heteroatoms. The fourth-order valence-corrected chi connectivity index (χ4v) is 15.7. The lowest BCUT2D eigenvalue weighted by molar-refractivity contribution is -0.837. The van der Waals surface area contributed by atoms with Crippen molar-refractivity contribution in [3.63, 3.8) is 0 Å². The molecular formula is C62H44N8S+4. The lowest BCUT2D eigenvalue weighted by atomic mass is 9.86. The van der Waals surface area contributed by atoms with E-state index in [2.05, 4.69) is 235 Å². The van der Waals surface area contributed by atoms with E-state index in [1.165, 1.54) is 134 Å². The molecule has 12 aliphatic heterocycles. The van der Waals surface area contributed by atoms with Gasteiger partial charge < -0.3 is 0 Å². The first-order valence-corrected chi connectivity index (χ1v) is 26.1. The average molecular weight is 933 g/mol. The third-order valence-electron chi connectivity index (χ3n) is 17.8. The number of rotatable bonds is 3. The molecule has 0 bridgehead atoms. The van der Waals surface area contributed by atoms with Crippen molar-refractivity contribution in [2.24, 2.45) is 5.41 Å². The molecule has 0 N–H and O–H groups in total. The van der Waals surface area contributed by atoms with Gasteiger partial charge in [0.25, 0.3) is 0 Å². The Bertz CT molecular complexity index is 4600. The topological polar surface area (TPSA) is 31.8 Å². The van der Waals surface area contributed by atoms with Crippen molar-refractivity contribution in [2.75, 3.05) is 6.26 Å². The van der Waals surface area contributed by atoms with Gasteiger partial charge in [-0.1, -0.05) is 54.4 Å². The highest BCUT2D eigenvalue weighted by Crippen LogP contribution is 2.54. The van der Waals surface area contributed by atoms with Gasteiger partial charge in [-0.05, 0) is 125 Å². The van der Waals surface area contributed by atoms with Crippen molar-refractivity contribution in [1.82, 2.24) is 18.3 Å². The van der Waals surface area contributed by atoms with Crippen molar-refractivity contribution >= 4 is 79.5 Å². The minimum atomic E-state index is -0.647. The zero-order valence-electron chi connectivity index (χ0n) is 40.0. The van der Waals surface area contributed by atoms with Gasteiger partial charge in [-0.2, -0.15) is 18.3 Å². The minimum absolute atomic E-state index is 0.0124. The molecule has 0 aliphatic carbocycles. The van der Waals surface area contributed by atoms with Gasteiger partial charge in [-0.15, -0.1) is 11.8 Å². The molecule has 0 radical (unpaired) electrons. The van der Waals surface area contributed by atoms with Crippen LogP contribution in [0.4, 0.5) is 0 Å². The average Bonchev–Trinajstić information content (AvgIpc) is 4.25. The third kappa shape index (κ3) is 3.81. The number of allylic oxidation sites excluding steroid dienone is 10. The second-order valence-corrected chi connectivity index (χ2v) is 22.3. The Hall–Kier alpha value is -8.19. The Labute approximate surface area is 413 Å². The van der Waals surface area contributed by atoms with E-state index in [0.717, 1.165) is 17.5 Å². The minimum Gasteiger partial charge on any atom is -0.199 e. The number of benzene rings is 2. The second-order valence-electron chi connectivity index (χ2n) is 21.5. The van der Waals surface area contributed by atoms with E-state index in [0.29, 0.717) is 0 Å². The Morgan fingerprint density at radius 2 is 1.07 bits per heavy atom. The summed E-state index contributed by atoms with van der Waals surface area (Å²) in [4.78, 5) is 1.31. The maximum Gasteiger partial charge on any atom is 0.553 e. The lowest BCUT2D eigenvalue weighted by Gasteiger charge is -2.40. The molecule has 2 aromatic carbocycles. The van der Waals surface area contributed by atoms with Crippen LogP contribution in [0, 0.1) is 17.3 Å². The molecule has 16 heterocycles. The largest absolute Gasteiger partial charge is 0.553 e. The van der Waals surface area contributed by atoms with E-state index in [9.17, 15) is 0 Å². The number of aromatic nitrogens is 4. The fourth-order valence-electron chi connectivity index (χ4n) is 15.0. The lowest BCUT2D eigenvalue weighted by Crippen LogP contribution is -2.70. The van der Waals surface area contributed by atoms with E-state index in [4.69, 9.17) is 0 Å². The van der Waals surface area contributed by atoms with Crippen LogP contribution in [0.15, 0.2) is 156 Å². The Morgan fingerprint density at radius 1 is 0.493 bits per heavy atom. The smallest absolute Gasteiger partial charge is 0.199 e. The van der Waals surface area contributed by atoms with Crippen LogP contribution in [0.25, 0.3) is 44.9 Å². The predicted octanol–water partition coefficient (Wildman–Crippen LogP) is 6.77. The van der Waals surface area contributed by atoms with E-state index < -0.39 is 11.8 Å². The normalized spacial score (nSPS) is 24.4. The molecule has 2 atom stereocenters. The zero-order valence-corrected chi connectivity index (χ0v) is 40.9. The summed E-state index contributed by atoms with van der Waals surface area (Å²) in [6.45, 7) is 11.7. The maximum atomic E-state index is 3.54. The molecule has 6 aromatic rings. The highest BCUT2D eigenvalue weighted by atomic mass is 32.2. The van der Waals surface area contributed by atoms with Crippen molar-refractivity contribution < 1.29 is 18.3 Å². The monoisotopic (exact) mass is 932 g/mol. The van der Waals surface area contributed by atoms with Crippen molar-refractivity contribution in [2.45, 2.75) is 52.9 Å². The summed E-state index contributed by atoms with van der Waals surface area (Å²) < 4.78 is 21.0. The van der Waals surface area contributed by atoms with Crippen LogP contribution in [0.2, 0.25) is 0 Å². The third-order valence-corrected chi connectivity index (χ3v) is 18.6. The summed E-state index contributed by atoms with van der Waals surface area (Å²) in [6.07, 6.45) is 22.2. The van der Waals surface area contributed by atoms with Gasteiger partial charge in [0.15, 0.2) is 5.71 Å². The van der Waals surface area contributed by atoms with Gasteiger partial charge in [0.2, 0.25) is 39.9 Å². The van der Waals surface area contributed by atoms with E-state index in [-0.39, 0.29) is 5.41 Å². The van der Waals surface area contributed by atoms with Crippen LogP contribution < -0.4 is 21.4 Å². The summed E-state index contributed by atoms with van der Waals surface area (Å²) in [5.74, 6) is 5.83. The number of hydrogen-bond donors (Lipinski definition) is 0. The fraction of sp³-hybridized carbons (Fsp3) is 0.161. The first kappa shape index (κ1) is 37.7. The molecule has 2 unspecified atom stereocenters. The first-order chi connectivity index (χ1) is 34.6. The second kappa shape index (κ2) is 11.7. The standard InChI is InChI=1S/C62H44N8S/c1-34-44-19-17-42-32-56-60(4,5)33-43-31-41-18-20-50-57(51-26-21-45(34)66(51)61(63(42)44,64(41)50)65(43)56)39-13-9-37(10-14-39)7-8-38-11-15-40(16-12-38)58-52-27-22-46-35(2)48-24-29-54-59(71-6)55-30-25-49-36(3)47-23-28-53(58)68(47)62(67(46)52,69(48)54)70(49)55/h9-32H,33H2,1-6H3/q+4. The highest BCUT2D eigenvalue weighted by Gasteiger charge is 2.75. The molecule has 12 aliphatic rings. The molecule has 0 fully saturated rings. The molecule has 18 rings (SSSR count). The van der Waals surface area contributed by atoms with Gasteiger partial charge in [-0.3, -0.25) is 0 Å². The number of thioether (sulfide) groups is 1. The van der Waals surface area contributed by atoms with Gasteiger partial charge in [0.05, 0.1) is 60.1 Å². The van der Waals surface area contributed by atoms with Gasteiger partial charge in [0, 0.05) is 82.9 Å². The number of hydrogen-bond acceptors (Lipinski definition) is 1. The van der Waals surface area contributed by atoms with Crippen LogP contribution in [-0.4, -0.2) is 65.7 Å². The quantitative estimate of drug-likeness (QED) is 0.143. The molecule has 334 valence electrons. The van der Waals surface area contributed by atoms with Crippen LogP contribution in [0.1, 0.15) is 86.1 Å². The van der Waals surface area contributed by atoms with Crippen LogP contribution in [0.3, 0.4) is 0 Å². The van der Waals surface area contributed by atoms with Gasteiger partial charge >= 0.3 is 11.8 Å². The molecule has 0 saturated heterocycles. The Morgan fingerprint density at radius 3 is 1.79 bits per heavy atom. The molecular weight excluding hydrogens is 889 g/mol. The van der Waals surface area contributed by atoms with Crippen molar-refractivity contribution in [3.05, 3.63) is 223 Å². The first-order valence-electron chi connectivity index (χ1n) is 24.9. The summed E-state index contributed by atoms with van der Waals surface area (Å²) in [5, 5.41) is 5.02. The van der Waals surface area contributed by atoms with Crippen molar-refractivity contribution in [1.29, 1.82) is 0 Å².